The zero-order valence-electron chi connectivity index (χ0n) is 32.8. The van der Waals surface area contributed by atoms with Crippen molar-refractivity contribution in [2.45, 2.75) is 50.7 Å². The van der Waals surface area contributed by atoms with Crippen LogP contribution in [0.1, 0.15) is 60.0 Å². The van der Waals surface area contributed by atoms with Crippen LogP contribution in [0, 0.1) is 0 Å². The number of nitrogens with zero attached hydrogens (tertiary/aromatic N) is 5. The minimum absolute atomic E-state index is 0.0966. The Morgan fingerprint density at radius 1 is 0.898 bits per heavy atom. The van der Waals surface area contributed by atoms with Crippen LogP contribution in [0.3, 0.4) is 0 Å². The number of carbonyl (C=O) groups excluding carboxylic acids is 4. The van der Waals surface area contributed by atoms with Crippen molar-refractivity contribution < 1.29 is 37.1 Å². The third kappa shape index (κ3) is 9.91. The summed E-state index contributed by atoms with van der Waals surface area (Å²) in [7, 11) is 1.49. The smallest absolute Gasteiger partial charge is 0.421 e. The minimum atomic E-state index is -4.75. The van der Waals surface area contributed by atoms with Crippen LogP contribution in [0.4, 0.5) is 47.7 Å². The summed E-state index contributed by atoms with van der Waals surface area (Å²) in [5.41, 5.74) is 2.67. The maximum Gasteiger partial charge on any atom is 0.421 e. The van der Waals surface area contributed by atoms with Crippen LogP contribution in [-0.4, -0.2) is 102 Å². The van der Waals surface area contributed by atoms with Gasteiger partial charge in [0.15, 0.2) is 5.78 Å². The third-order valence-electron chi connectivity index (χ3n) is 11.0. The standard InChI is InChI=1S/C42H46F3N9O5/c1-26(55)31-5-3-4-6-33(31)48-39-32(42(43,44)45)24-46-41(51-39)49-34-12-11-30(23-36(34)59-2)53-19-21-54(22-20-53)38(57)25-52-17-15-28(16-18-52)27-7-9-29(10-8-27)47-35-13-14-37(56)50-40(35)58/h3-12,23-24,28,35,47H,13-22,25H2,1-2H3,(H,50,56,58)(H2,46,48,49,51). The molecule has 0 spiro atoms. The highest BCUT2D eigenvalue weighted by Gasteiger charge is 2.36. The average Bonchev–Trinajstić information content (AvgIpc) is 3.22. The number of Topliss-reactive ketones (excluding diaryl/α,β-unsaturated/α-hetero) is 1. The number of methoxy groups -OCH3 is 1. The highest BCUT2D eigenvalue weighted by atomic mass is 19.4. The monoisotopic (exact) mass is 813 g/mol. The SMILES string of the molecule is COc1cc(N2CCN(C(=O)CN3CCC(c4ccc(NC5CCC(=O)NC5=O)cc4)CC3)CC2)ccc1Nc1ncc(C(F)(F)F)c(Nc2ccccc2C(C)=O)n1. The molecule has 0 bridgehead atoms. The van der Waals surface area contributed by atoms with Gasteiger partial charge in [0.1, 0.15) is 23.2 Å². The minimum Gasteiger partial charge on any atom is -0.494 e. The number of rotatable bonds is 12. The normalized spacial score (nSPS) is 17.9. The molecule has 4 aromatic rings. The molecule has 59 heavy (non-hydrogen) atoms. The maximum absolute atomic E-state index is 14.0. The molecule has 3 aromatic carbocycles. The fourth-order valence-corrected chi connectivity index (χ4v) is 7.69. The molecule has 7 rings (SSSR count). The molecule has 3 amide bonds. The third-order valence-corrected chi connectivity index (χ3v) is 11.0. The Morgan fingerprint density at radius 3 is 2.31 bits per heavy atom. The number of nitrogens with one attached hydrogen (secondary N) is 4. The lowest BCUT2D eigenvalue weighted by Gasteiger charge is -2.38. The van der Waals surface area contributed by atoms with Crippen molar-refractivity contribution in [3.63, 3.8) is 0 Å². The number of hydrogen-bond acceptors (Lipinski definition) is 12. The van der Waals surface area contributed by atoms with Gasteiger partial charge in [0, 0.05) is 61.8 Å². The van der Waals surface area contributed by atoms with Gasteiger partial charge in [-0.15, -0.1) is 0 Å². The number of halogens is 3. The van der Waals surface area contributed by atoms with Crippen LogP contribution in [-0.2, 0) is 20.6 Å². The molecule has 0 saturated carbocycles. The second kappa shape index (κ2) is 17.7. The van der Waals surface area contributed by atoms with Gasteiger partial charge in [-0.25, -0.2) is 4.98 Å². The number of imide groups is 1. The van der Waals surface area contributed by atoms with E-state index in [9.17, 15) is 32.3 Å². The van der Waals surface area contributed by atoms with Crippen LogP contribution < -0.4 is 30.9 Å². The number of carbonyl (C=O) groups is 4. The van der Waals surface area contributed by atoms with E-state index >= 15 is 0 Å². The summed E-state index contributed by atoms with van der Waals surface area (Å²) >= 11 is 0. The number of para-hydroxylation sites is 1. The van der Waals surface area contributed by atoms with Crippen molar-refractivity contribution in [3.05, 3.63) is 89.6 Å². The van der Waals surface area contributed by atoms with E-state index in [1.165, 1.54) is 31.7 Å². The first-order valence-electron chi connectivity index (χ1n) is 19.6. The Hall–Kier alpha value is -6.23. The number of alkyl halides is 3. The van der Waals surface area contributed by atoms with Gasteiger partial charge in [-0.3, -0.25) is 29.4 Å². The molecule has 4 N–H and O–H groups in total. The van der Waals surface area contributed by atoms with Gasteiger partial charge < -0.3 is 30.5 Å². The highest BCUT2D eigenvalue weighted by Crippen LogP contribution is 2.37. The molecule has 3 saturated heterocycles. The molecule has 0 radical (unpaired) electrons. The first-order valence-corrected chi connectivity index (χ1v) is 19.6. The first-order chi connectivity index (χ1) is 28.3. The lowest BCUT2D eigenvalue weighted by atomic mass is 9.89. The van der Waals surface area contributed by atoms with Gasteiger partial charge in [0.05, 0.1) is 25.0 Å². The van der Waals surface area contributed by atoms with Crippen molar-refractivity contribution in [2.75, 3.05) is 73.8 Å². The Labute approximate surface area is 339 Å². The summed E-state index contributed by atoms with van der Waals surface area (Å²) in [6.45, 7) is 5.65. The summed E-state index contributed by atoms with van der Waals surface area (Å²) in [4.78, 5) is 63.3. The van der Waals surface area contributed by atoms with Gasteiger partial charge in [-0.05, 0) is 87.2 Å². The lowest BCUT2D eigenvalue weighted by molar-refractivity contribution is -0.137. The quantitative estimate of drug-likeness (QED) is 0.0987. The lowest BCUT2D eigenvalue weighted by Crippen LogP contribution is -2.51. The number of aromatic nitrogens is 2. The van der Waals surface area contributed by atoms with E-state index in [0.29, 0.717) is 69.1 Å². The summed E-state index contributed by atoms with van der Waals surface area (Å²) in [5, 5.41) is 11.2. The van der Waals surface area contributed by atoms with E-state index in [4.69, 9.17) is 4.74 Å². The van der Waals surface area contributed by atoms with Gasteiger partial charge in [-0.2, -0.15) is 18.2 Å². The number of likely N-dealkylation sites (tertiary alicyclic amines) is 1. The zero-order valence-corrected chi connectivity index (χ0v) is 32.8. The van der Waals surface area contributed by atoms with E-state index in [2.05, 4.69) is 53.2 Å². The topological polar surface area (TPSA) is 161 Å². The van der Waals surface area contributed by atoms with Crippen LogP contribution in [0.5, 0.6) is 5.75 Å². The molecule has 310 valence electrons. The number of amides is 3. The maximum atomic E-state index is 14.0. The van der Waals surface area contributed by atoms with Gasteiger partial charge in [-0.1, -0.05) is 24.3 Å². The zero-order chi connectivity index (χ0) is 41.7. The molecule has 3 aliphatic rings. The van der Waals surface area contributed by atoms with E-state index < -0.39 is 23.6 Å². The summed E-state index contributed by atoms with van der Waals surface area (Å²) in [6, 6.07) is 19.4. The predicted octanol–water partition coefficient (Wildman–Crippen LogP) is 5.94. The highest BCUT2D eigenvalue weighted by molar-refractivity contribution is 6.01. The molecule has 1 atom stereocenters. The molecule has 3 fully saturated rings. The molecule has 3 aliphatic heterocycles. The number of hydrogen-bond donors (Lipinski definition) is 4. The second-order valence-corrected chi connectivity index (χ2v) is 14.9. The number of piperidine rings is 2. The Morgan fingerprint density at radius 2 is 1.63 bits per heavy atom. The molecular weight excluding hydrogens is 768 g/mol. The second-order valence-electron chi connectivity index (χ2n) is 14.9. The van der Waals surface area contributed by atoms with Crippen LogP contribution >= 0.6 is 0 Å². The van der Waals surface area contributed by atoms with E-state index in [1.807, 2.05) is 29.2 Å². The molecule has 1 unspecified atom stereocenters. The number of ketones is 1. The number of benzene rings is 3. The summed E-state index contributed by atoms with van der Waals surface area (Å²) in [5.74, 6) is -0.579. The molecule has 14 nitrogen and oxygen atoms in total. The van der Waals surface area contributed by atoms with E-state index in [0.717, 1.165) is 37.3 Å². The largest absolute Gasteiger partial charge is 0.494 e. The fourth-order valence-electron chi connectivity index (χ4n) is 7.69. The Bertz CT molecular complexity index is 2190. The van der Waals surface area contributed by atoms with Crippen molar-refractivity contribution >= 4 is 58.0 Å². The molecule has 17 heteroatoms. The van der Waals surface area contributed by atoms with Crippen molar-refractivity contribution in [1.82, 2.24) is 25.1 Å². The van der Waals surface area contributed by atoms with Gasteiger partial charge in [0.25, 0.3) is 0 Å². The number of ether oxygens (including phenoxy) is 1. The van der Waals surface area contributed by atoms with Gasteiger partial charge in [0.2, 0.25) is 23.7 Å². The molecule has 0 aliphatic carbocycles. The fraction of sp³-hybridized carbons (Fsp3) is 0.381. The molecular formula is C42H46F3N9O5. The summed E-state index contributed by atoms with van der Waals surface area (Å²) < 4.78 is 47.5. The van der Waals surface area contributed by atoms with Crippen LogP contribution in [0.15, 0.2) is 72.9 Å². The van der Waals surface area contributed by atoms with E-state index in [-0.39, 0.29) is 40.7 Å². The van der Waals surface area contributed by atoms with Crippen molar-refractivity contribution in [2.24, 2.45) is 0 Å². The molecule has 1 aromatic heterocycles. The van der Waals surface area contributed by atoms with Crippen LogP contribution in [0.2, 0.25) is 0 Å². The Balaban J connectivity index is 0.902. The van der Waals surface area contributed by atoms with Crippen molar-refractivity contribution in [1.29, 1.82) is 0 Å². The Kier molecular flexibility index (Phi) is 12.3. The average molecular weight is 814 g/mol. The van der Waals surface area contributed by atoms with Crippen molar-refractivity contribution in [3.8, 4) is 5.75 Å². The first kappa shape index (κ1) is 40.9. The predicted molar refractivity (Wildman–Crippen MR) is 216 cm³/mol. The summed E-state index contributed by atoms with van der Waals surface area (Å²) in [6.07, 6.45) is -1.40. The van der Waals surface area contributed by atoms with E-state index in [1.54, 1.807) is 18.2 Å². The number of piperazine rings is 1. The van der Waals surface area contributed by atoms with Gasteiger partial charge >= 0.3 is 6.18 Å². The number of anilines is 6. The molecule has 4 heterocycles. The van der Waals surface area contributed by atoms with Crippen LogP contribution in [0.25, 0.3) is 0 Å².